The number of carbonyl (C=O) groups excluding carboxylic acids is 1. The Morgan fingerprint density at radius 1 is 1.07 bits per heavy atom. The molecular formula is C22H26N2O3S. The van der Waals surface area contributed by atoms with Crippen molar-refractivity contribution < 1.29 is 13.2 Å². The molecule has 0 amide bonds. The molecule has 2 fully saturated rings. The summed E-state index contributed by atoms with van der Waals surface area (Å²) in [7, 11) is -3.62. The molecule has 2 bridgehead atoms. The van der Waals surface area contributed by atoms with E-state index in [0.29, 0.717) is 24.4 Å². The molecule has 2 aromatic rings. The lowest BCUT2D eigenvalue weighted by Crippen LogP contribution is -2.43. The average molecular weight is 399 g/mol. The zero-order chi connectivity index (χ0) is 20.0. The molecule has 2 unspecified atom stereocenters. The van der Waals surface area contributed by atoms with Crippen LogP contribution in [0.4, 0.5) is 5.69 Å². The van der Waals surface area contributed by atoms with Gasteiger partial charge in [0.15, 0.2) is 0 Å². The first-order valence-corrected chi connectivity index (χ1v) is 11.4. The van der Waals surface area contributed by atoms with Crippen molar-refractivity contribution >= 4 is 21.5 Å². The lowest BCUT2D eigenvalue weighted by molar-refractivity contribution is -0.128. The van der Waals surface area contributed by atoms with Crippen LogP contribution < -0.4 is 4.72 Å². The average Bonchev–Trinajstić information content (AvgIpc) is 2.98. The molecule has 1 aromatic heterocycles. The summed E-state index contributed by atoms with van der Waals surface area (Å²) in [6, 6.07) is 11.3. The molecule has 6 heteroatoms. The second-order valence-electron chi connectivity index (χ2n) is 8.76. The third-order valence-corrected chi connectivity index (χ3v) is 8.38. The molecule has 1 aromatic carbocycles. The first-order chi connectivity index (χ1) is 13.2. The van der Waals surface area contributed by atoms with Crippen molar-refractivity contribution in [2.75, 3.05) is 10.5 Å². The number of pyridine rings is 1. The van der Waals surface area contributed by atoms with Gasteiger partial charge in [0, 0.05) is 24.5 Å². The Bertz CT molecular complexity index is 984. The van der Waals surface area contributed by atoms with Gasteiger partial charge >= 0.3 is 0 Å². The van der Waals surface area contributed by atoms with E-state index < -0.39 is 15.4 Å². The maximum atomic E-state index is 12.9. The van der Waals surface area contributed by atoms with E-state index in [1.807, 2.05) is 24.3 Å². The molecule has 2 aliphatic carbocycles. The Morgan fingerprint density at radius 3 is 2.29 bits per heavy atom. The molecule has 0 spiro atoms. The highest BCUT2D eigenvalue weighted by molar-refractivity contribution is 7.92. The number of hydrogen-bond donors (Lipinski definition) is 1. The third-order valence-electron chi connectivity index (χ3n) is 6.96. The molecule has 1 heterocycles. The third kappa shape index (κ3) is 3.24. The van der Waals surface area contributed by atoms with E-state index in [-0.39, 0.29) is 17.0 Å². The van der Waals surface area contributed by atoms with Gasteiger partial charge in [-0.05, 0) is 66.0 Å². The summed E-state index contributed by atoms with van der Waals surface area (Å²) in [6.07, 6.45) is 6.43. The van der Waals surface area contributed by atoms with Gasteiger partial charge in [0.25, 0.3) is 0 Å². The van der Waals surface area contributed by atoms with Crippen molar-refractivity contribution in [3.63, 3.8) is 0 Å². The summed E-state index contributed by atoms with van der Waals surface area (Å²) in [5.74, 6) is 0.302. The SMILES string of the molecule is CC1(C)C2CCC1(CS(=O)(=O)Nc1ccc(Cc3ccncc3)cc1)C(=O)C2. The number of sulfonamides is 1. The largest absolute Gasteiger partial charge is 0.299 e. The van der Waals surface area contributed by atoms with E-state index in [0.717, 1.165) is 24.0 Å². The van der Waals surface area contributed by atoms with Crippen molar-refractivity contribution in [3.8, 4) is 0 Å². The van der Waals surface area contributed by atoms with Crippen molar-refractivity contribution in [2.24, 2.45) is 16.7 Å². The number of nitrogens with one attached hydrogen (secondary N) is 1. The van der Waals surface area contributed by atoms with Crippen molar-refractivity contribution in [1.82, 2.24) is 4.98 Å². The van der Waals surface area contributed by atoms with Crippen LogP contribution in [0.5, 0.6) is 0 Å². The number of nitrogens with zero attached hydrogens (tertiary/aromatic N) is 1. The second-order valence-corrected chi connectivity index (χ2v) is 10.5. The fraction of sp³-hybridized carbons (Fsp3) is 0.455. The van der Waals surface area contributed by atoms with Gasteiger partial charge in [0.1, 0.15) is 5.78 Å². The number of aromatic nitrogens is 1. The van der Waals surface area contributed by atoms with Gasteiger partial charge in [-0.2, -0.15) is 0 Å². The van der Waals surface area contributed by atoms with E-state index in [1.54, 1.807) is 24.5 Å². The highest BCUT2D eigenvalue weighted by Gasteiger charge is 2.65. The molecule has 1 N–H and O–H groups in total. The number of rotatable bonds is 6. The molecule has 5 nitrogen and oxygen atoms in total. The monoisotopic (exact) mass is 398 g/mol. The molecule has 2 aliphatic rings. The zero-order valence-electron chi connectivity index (χ0n) is 16.3. The number of ketones is 1. The van der Waals surface area contributed by atoms with E-state index in [4.69, 9.17) is 0 Å². The molecule has 2 saturated carbocycles. The molecule has 148 valence electrons. The van der Waals surface area contributed by atoms with Gasteiger partial charge in [-0.3, -0.25) is 14.5 Å². The van der Waals surface area contributed by atoms with Crippen molar-refractivity contribution in [1.29, 1.82) is 0 Å². The number of hydrogen-bond acceptors (Lipinski definition) is 4. The highest BCUT2D eigenvalue weighted by atomic mass is 32.2. The van der Waals surface area contributed by atoms with Crippen LogP contribution in [-0.4, -0.2) is 24.9 Å². The predicted octanol–water partition coefficient (Wildman–Crippen LogP) is 3.81. The van der Waals surface area contributed by atoms with Crippen LogP contribution in [0, 0.1) is 16.7 Å². The van der Waals surface area contributed by atoms with Crippen LogP contribution in [0.2, 0.25) is 0 Å². The topological polar surface area (TPSA) is 76.1 Å². The summed E-state index contributed by atoms with van der Waals surface area (Å²) in [4.78, 5) is 16.6. The lowest BCUT2D eigenvalue weighted by atomic mass is 9.70. The fourth-order valence-corrected chi connectivity index (χ4v) is 6.97. The number of carbonyl (C=O) groups is 1. The fourth-order valence-electron chi connectivity index (χ4n) is 5.08. The van der Waals surface area contributed by atoms with Crippen molar-refractivity contribution in [2.45, 2.75) is 39.5 Å². The van der Waals surface area contributed by atoms with Gasteiger partial charge in [0.05, 0.1) is 11.2 Å². The molecule has 2 atom stereocenters. The lowest BCUT2D eigenvalue weighted by Gasteiger charge is -2.36. The second kappa shape index (κ2) is 6.69. The van der Waals surface area contributed by atoms with E-state index in [2.05, 4.69) is 23.6 Å². The summed E-state index contributed by atoms with van der Waals surface area (Å²) in [6.45, 7) is 4.11. The summed E-state index contributed by atoms with van der Waals surface area (Å²) in [5, 5.41) is 0. The minimum atomic E-state index is -3.62. The molecule has 0 aliphatic heterocycles. The standard InChI is InChI=1S/C22H26N2O3S/c1-21(2)18-7-10-22(21,20(25)14-18)15-28(26,27)24-19-5-3-16(4-6-19)13-17-8-11-23-12-9-17/h3-6,8-9,11-12,18,24H,7,10,13-15H2,1-2H3. The first kappa shape index (κ1) is 19.1. The van der Waals surface area contributed by atoms with Crippen LogP contribution in [0.15, 0.2) is 48.8 Å². The molecular weight excluding hydrogens is 372 g/mol. The quantitative estimate of drug-likeness (QED) is 0.803. The Kier molecular flexibility index (Phi) is 4.57. The highest BCUT2D eigenvalue weighted by Crippen LogP contribution is 2.64. The number of Topliss-reactive ketones (excluding diaryl/α,β-unsaturated/α-hetero) is 1. The first-order valence-electron chi connectivity index (χ1n) is 9.73. The van der Waals surface area contributed by atoms with Gasteiger partial charge in [-0.25, -0.2) is 8.42 Å². The van der Waals surface area contributed by atoms with Crippen LogP contribution in [0.25, 0.3) is 0 Å². The molecule has 0 saturated heterocycles. The van der Waals surface area contributed by atoms with Crippen LogP contribution in [0.3, 0.4) is 0 Å². The van der Waals surface area contributed by atoms with E-state index >= 15 is 0 Å². The normalized spacial score (nSPS) is 25.8. The molecule has 0 radical (unpaired) electrons. The van der Waals surface area contributed by atoms with Gasteiger partial charge in [-0.1, -0.05) is 26.0 Å². The van der Waals surface area contributed by atoms with Crippen LogP contribution >= 0.6 is 0 Å². The Labute approximate surface area is 166 Å². The molecule has 4 rings (SSSR count). The Balaban J connectivity index is 1.47. The predicted molar refractivity (Wildman–Crippen MR) is 109 cm³/mol. The zero-order valence-corrected chi connectivity index (χ0v) is 17.1. The van der Waals surface area contributed by atoms with Crippen molar-refractivity contribution in [3.05, 3.63) is 59.9 Å². The van der Waals surface area contributed by atoms with Crippen LogP contribution in [0.1, 0.15) is 44.2 Å². The maximum absolute atomic E-state index is 12.9. The van der Waals surface area contributed by atoms with Gasteiger partial charge < -0.3 is 0 Å². The number of fused-ring (bicyclic) bond motifs is 2. The Morgan fingerprint density at radius 2 is 1.71 bits per heavy atom. The minimum Gasteiger partial charge on any atom is -0.299 e. The smallest absolute Gasteiger partial charge is 0.233 e. The summed E-state index contributed by atoms with van der Waals surface area (Å²) >= 11 is 0. The summed E-state index contributed by atoms with van der Waals surface area (Å²) in [5.41, 5.74) is 1.78. The molecule has 28 heavy (non-hydrogen) atoms. The number of benzene rings is 1. The minimum absolute atomic E-state index is 0.117. The Hall–Kier alpha value is -2.21. The van der Waals surface area contributed by atoms with Crippen LogP contribution in [-0.2, 0) is 21.2 Å². The van der Waals surface area contributed by atoms with E-state index in [9.17, 15) is 13.2 Å². The van der Waals surface area contributed by atoms with Gasteiger partial charge in [-0.15, -0.1) is 0 Å². The number of anilines is 1. The van der Waals surface area contributed by atoms with E-state index in [1.165, 1.54) is 0 Å². The maximum Gasteiger partial charge on any atom is 0.233 e. The van der Waals surface area contributed by atoms with Gasteiger partial charge in [0.2, 0.25) is 10.0 Å². The summed E-state index contributed by atoms with van der Waals surface area (Å²) < 4.78 is 28.4.